The first-order chi connectivity index (χ1) is 8.94. The number of nitrogens with two attached hydrogens (primary N) is 1. The molecule has 1 fully saturated rings. The Morgan fingerprint density at radius 2 is 2.16 bits per heavy atom. The molecule has 0 radical (unpaired) electrons. The summed E-state index contributed by atoms with van der Waals surface area (Å²) in [5.74, 6) is 0.434. The van der Waals surface area contributed by atoms with Crippen LogP contribution in [0.4, 0.5) is 5.82 Å². The minimum absolute atomic E-state index is 0.00289. The summed E-state index contributed by atoms with van der Waals surface area (Å²) < 4.78 is 29.0. The molecule has 0 saturated heterocycles. The summed E-state index contributed by atoms with van der Waals surface area (Å²) in [6.45, 7) is 4.57. The number of aromatic nitrogens is 2. The second-order valence-electron chi connectivity index (χ2n) is 5.22. The van der Waals surface area contributed by atoms with Gasteiger partial charge in [-0.15, -0.1) is 0 Å². The average molecular weight is 286 g/mol. The largest absolute Gasteiger partial charge is 0.381 e. The first kappa shape index (κ1) is 14.3. The van der Waals surface area contributed by atoms with Crippen LogP contribution in [0.3, 0.4) is 0 Å². The van der Waals surface area contributed by atoms with Crippen LogP contribution in [0.5, 0.6) is 0 Å². The van der Waals surface area contributed by atoms with E-state index >= 15 is 0 Å². The van der Waals surface area contributed by atoms with Crippen LogP contribution in [-0.2, 0) is 16.6 Å². The number of anilines is 1. The number of hydrogen-bond acceptors (Lipinski definition) is 4. The fourth-order valence-corrected chi connectivity index (χ4v) is 3.99. The van der Waals surface area contributed by atoms with Crippen LogP contribution in [0.1, 0.15) is 39.5 Å². The molecule has 7 heteroatoms. The molecule has 0 bridgehead atoms. The molecule has 1 aliphatic carbocycles. The van der Waals surface area contributed by atoms with Crippen molar-refractivity contribution in [3.63, 3.8) is 0 Å². The first-order valence-electron chi connectivity index (χ1n) is 6.79. The van der Waals surface area contributed by atoms with E-state index in [4.69, 9.17) is 5.73 Å². The third-order valence-corrected chi connectivity index (χ3v) is 5.29. The number of hydrogen-bond donors (Lipinski definition) is 2. The van der Waals surface area contributed by atoms with Crippen molar-refractivity contribution in [3.8, 4) is 0 Å². The van der Waals surface area contributed by atoms with Gasteiger partial charge in [0.1, 0.15) is 4.90 Å². The van der Waals surface area contributed by atoms with E-state index in [2.05, 4.69) is 16.7 Å². The quantitative estimate of drug-likeness (QED) is 0.874. The highest BCUT2D eigenvalue weighted by Gasteiger charge is 2.29. The zero-order valence-corrected chi connectivity index (χ0v) is 12.3. The second kappa shape index (κ2) is 5.50. The number of nitrogens with zero attached hydrogens (tertiary/aromatic N) is 2. The topological polar surface area (TPSA) is 90.0 Å². The maximum Gasteiger partial charge on any atom is 0.246 e. The Kier molecular flexibility index (Phi) is 4.15. The molecule has 0 aromatic carbocycles. The third-order valence-electron chi connectivity index (χ3n) is 3.79. The van der Waals surface area contributed by atoms with Gasteiger partial charge in [-0.25, -0.2) is 13.1 Å². The molecule has 6 nitrogen and oxygen atoms in total. The molecule has 0 amide bonds. The highest BCUT2D eigenvalue weighted by atomic mass is 32.2. The van der Waals surface area contributed by atoms with Crippen molar-refractivity contribution in [2.45, 2.75) is 57.0 Å². The Bertz CT molecular complexity index is 538. The number of aryl methyl sites for hydroxylation is 1. The van der Waals surface area contributed by atoms with Gasteiger partial charge in [0.2, 0.25) is 10.0 Å². The molecule has 0 aliphatic heterocycles. The van der Waals surface area contributed by atoms with E-state index < -0.39 is 10.0 Å². The van der Waals surface area contributed by atoms with Crippen LogP contribution in [-0.4, -0.2) is 24.2 Å². The number of rotatable bonds is 4. The average Bonchev–Trinajstić information content (AvgIpc) is 2.74. The smallest absolute Gasteiger partial charge is 0.246 e. The summed E-state index contributed by atoms with van der Waals surface area (Å²) in [6, 6.07) is 0.00289. The van der Waals surface area contributed by atoms with Gasteiger partial charge in [0.05, 0.1) is 0 Å². The van der Waals surface area contributed by atoms with Crippen molar-refractivity contribution < 1.29 is 8.42 Å². The summed E-state index contributed by atoms with van der Waals surface area (Å²) >= 11 is 0. The van der Waals surface area contributed by atoms with Crippen LogP contribution >= 0.6 is 0 Å². The molecule has 2 unspecified atom stereocenters. The van der Waals surface area contributed by atoms with Gasteiger partial charge in [-0.05, 0) is 25.7 Å². The molecular formula is C12H22N4O2S. The second-order valence-corrected chi connectivity index (χ2v) is 6.91. The highest BCUT2D eigenvalue weighted by Crippen LogP contribution is 2.26. The summed E-state index contributed by atoms with van der Waals surface area (Å²) in [5.41, 5.74) is 5.69. The fourth-order valence-electron chi connectivity index (χ4n) is 2.54. The Balaban J connectivity index is 2.19. The molecule has 1 saturated carbocycles. The predicted molar refractivity (Wildman–Crippen MR) is 74.1 cm³/mol. The van der Waals surface area contributed by atoms with E-state index in [1.54, 1.807) is 0 Å². The van der Waals surface area contributed by atoms with E-state index in [1.807, 2.05) is 6.92 Å². The van der Waals surface area contributed by atoms with Crippen molar-refractivity contribution in [2.24, 2.45) is 5.92 Å². The van der Waals surface area contributed by atoms with Crippen LogP contribution in [0.2, 0.25) is 0 Å². The minimum Gasteiger partial charge on any atom is -0.381 e. The maximum atomic E-state index is 12.4. The fraction of sp³-hybridized carbons (Fsp3) is 0.750. The lowest BCUT2D eigenvalue weighted by atomic mass is 9.87. The van der Waals surface area contributed by atoms with E-state index in [-0.39, 0.29) is 16.8 Å². The van der Waals surface area contributed by atoms with E-state index in [1.165, 1.54) is 17.3 Å². The lowest BCUT2D eigenvalue weighted by molar-refractivity contribution is 0.310. The van der Waals surface area contributed by atoms with E-state index in [0.29, 0.717) is 12.5 Å². The lowest BCUT2D eigenvalue weighted by Crippen LogP contribution is -2.41. The Morgan fingerprint density at radius 3 is 2.74 bits per heavy atom. The van der Waals surface area contributed by atoms with Gasteiger partial charge >= 0.3 is 0 Å². The van der Waals surface area contributed by atoms with Gasteiger partial charge in [-0.2, -0.15) is 5.10 Å². The normalized spacial score (nSPS) is 24.5. The summed E-state index contributed by atoms with van der Waals surface area (Å²) in [4.78, 5) is 0.0899. The van der Waals surface area contributed by atoms with Gasteiger partial charge < -0.3 is 5.73 Å². The first-order valence-corrected chi connectivity index (χ1v) is 8.27. The molecule has 19 heavy (non-hydrogen) atoms. The summed E-state index contributed by atoms with van der Waals surface area (Å²) in [6.07, 6.45) is 5.70. The summed E-state index contributed by atoms with van der Waals surface area (Å²) in [5, 5.41) is 3.98. The lowest BCUT2D eigenvalue weighted by Gasteiger charge is -2.29. The molecular weight excluding hydrogens is 264 g/mol. The zero-order chi connectivity index (χ0) is 14.0. The Hall–Kier alpha value is -1.08. The van der Waals surface area contributed by atoms with Crippen molar-refractivity contribution in [3.05, 3.63) is 6.20 Å². The van der Waals surface area contributed by atoms with Crippen molar-refractivity contribution in [1.29, 1.82) is 0 Å². The predicted octanol–water partition coefficient (Wildman–Crippen LogP) is 1.34. The Labute approximate surface area is 114 Å². The number of sulfonamides is 1. The van der Waals surface area contributed by atoms with Gasteiger partial charge in [-0.1, -0.05) is 19.8 Å². The number of nitrogen functional groups attached to an aromatic ring is 1. The van der Waals surface area contributed by atoms with Crippen molar-refractivity contribution >= 4 is 15.8 Å². The molecule has 2 atom stereocenters. The maximum absolute atomic E-state index is 12.4. The molecule has 2 rings (SSSR count). The van der Waals surface area contributed by atoms with Crippen LogP contribution in [0.25, 0.3) is 0 Å². The molecule has 3 N–H and O–H groups in total. The van der Waals surface area contributed by atoms with Crippen LogP contribution in [0, 0.1) is 5.92 Å². The van der Waals surface area contributed by atoms with Gasteiger partial charge in [-0.3, -0.25) is 4.68 Å². The van der Waals surface area contributed by atoms with E-state index in [0.717, 1.165) is 19.3 Å². The number of nitrogens with one attached hydrogen (secondary N) is 1. The summed E-state index contributed by atoms with van der Waals surface area (Å²) in [7, 11) is -3.57. The van der Waals surface area contributed by atoms with Crippen molar-refractivity contribution in [2.75, 3.05) is 5.73 Å². The molecule has 0 spiro atoms. The van der Waals surface area contributed by atoms with E-state index in [9.17, 15) is 8.42 Å². The molecule has 1 heterocycles. The van der Waals surface area contributed by atoms with Gasteiger partial charge in [0, 0.05) is 18.8 Å². The standard InChI is InChI=1S/C12H22N4O2S/c1-3-16-8-11(12(13)14-16)19(17,18)15-10-7-5-4-6-9(10)2/h8-10,15H,3-7H2,1-2H3,(H2,13,14). The molecule has 1 aromatic rings. The van der Waals surface area contributed by atoms with Crippen LogP contribution in [0.15, 0.2) is 11.1 Å². The SMILES string of the molecule is CCn1cc(S(=O)(=O)NC2CCCCC2C)c(N)n1. The third kappa shape index (κ3) is 3.09. The van der Waals surface area contributed by atoms with Crippen LogP contribution < -0.4 is 10.5 Å². The zero-order valence-electron chi connectivity index (χ0n) is 11.5. The molecule has 1 aliphatic rings. The van der Waals surface area contributed by atoms with Gasteiger partial charge in [0.25, 0.3) is 0 Å². The molecule has 108 valence electrons. The van der Waals surface area contributed by atoms with Crippen molar-refractivity contribution in [1.82, 2.24) is 14.5 Å². The minimum atomic E-state index is -3.57. The van der Waals surface area contributed by atoms with Gasteiger partial charge in [0.15, 0.2) is 5.82 Å². The highest BCUT2D eigenvalue weighted by molar-refractivity contribution is 7.89. The monoisotopic (exact) mass is 286 g/mol. The Morgan fingerprint density at radius 1 is 1.47 bits per heavy atom. The molecule has 1 aromatic heterocycles.